The van der Waals surface area contributed by atoms with Gasteiger partial charge in [-0.15, -0.1) is 0 Å². The molecule has 4 aliphatic rings. The van der Waals surface area contributed by atoms with Crippen molar-refractivity contribution in [3.05, 3.63) is 29.8 Å². The van der Waals surface area contributed by atoms with Crippen LogP contribution in [0.25, 0.3) is 0 Å². The molecule has 3 amide bonds. The number of carbonyl (C=O) groups is 4. The zero-order valence-corrected chi connectivity index (χ0v) is 16.7. The molecular weight excluding hydrogens is 388 g/mol. The van der Waals surface area contributed by atoms with Crippen molar-refractivity contribution in [2.45, 2.75) is 37.3 Å². The average molecular weight is 414 g/mol. The number of fused-ring (bicyclic) bond motifs is 4. The zero-order valence-electron chi connectivity index (χ0n) is 16.7. The van der Waals surface area contributed by atoms with E-state index in [1.165, 1.54) is 0 Å². The number of hydrogen-bond donors (Lipinski definition) is 3. The molecule has 30 heavy (non-hydrogen) atoms. The molecule has 5 rings (SSSR count). The Morgan fingerprint density at radius 1 is 1.20 bits per heavy atom. The van der Waals surface area contributed by atoms with E-state index in [1.807, 2.05) is 24.3 Å². The van der Waals surface area contributed by atoms with Gasteiger partial charge >= 0.3 is 0 Å². The molecule has 3 saturated heterocycles. The molecule has 1 aromatic rings. The van der Waals surface area contributed by atoms with E-state index in [0.717, 1.165) is 30.6 Å². The van der Waals surface area contributed by atoms with Crippen molar-refractivity contribution in [1.82, 2.24) is 15.1 Å². The van der Waals surface area contributed by atoms with Crippen LogP contribution in [0.4, 0.5) is 5.69 Å². The molecule has 160 valence electrons. The van der Waals surface area contributed by atoms with Crippen LogP contribution in [0.3, 0.4) is 0 Å². The lowest BCUT2D eigenvalue weighted by Gasteiger charge is -2.38. The molecule has 1 spiro atoms. The van der Waals surface area contributed by atoms with E-state index in [4.69, 9.17) is 9.90 Å². The van der Waals surface area contributed by atoms with Gasteiger partial charge in [-0.2, -0.15) is 0 Å². The predicted octanol–water partition coefficient (Wildman–Crippen LogP) is 0.368. The van der Waals surface area contributed by atoms with Crippen LogP contribution in [-0.2, 0) is 24.7 Å². The molecule has 3 N–H and O–H groups in total. The maximum absolute atomic E-state index is 13.6. The number of anilines is 1. The Morgan fingerprint density at radius 2 is 1.97 bits per heavy atom. The van der Waals surface area contributed by atoms with Gasteiger partial charge in [-0.3, -0.25) is 24.1 Å². The second kappa shape index (κ2) is 8.06. The minimum Gasteiger partial charge on any atom is -0.483 e. The van der Waals surface area contributed by atoms with Gasteiger partial charge in [-0.25, -0.2) is 0 Å². The Bertz CT molecular complexity index is 875. The summed E-state index contributed by atoms with van der Waals surface area (Å²) in [6.45, 7) is 1.99. The Balaban J connectivity index is 0.000000687. The van der Waals surface area contributed by atoms with Gasteiger partial charge in [0.25, 0.3) is 6.47 Å². The third kappa shape index (κ3) is 3.04. The maximum atomic E-state index is 13.6. The number of nitrogens with one attached hydrogen (secondary N) is 2. The van der Waals surface area contributed by atoms with Gasteiger partial charge in [0.15, 0.2) is 0 Å². The topological polar surface area (TPSA) is 119 Å². The average Bonchev–Trinajstić information content (AvgIpc) is 3.34. The predicted molar refractivity (Wildman–Crippen MR) is 107 cm³/mol. The fourth-order valence-corrected chi connectivity index (χ4v) is 5.57. The van der Waals surface area contributed by atoms with Gasteiger partial charge < -0.3 is 20.6 Å². The van der Waals surface area contributed by atoms with Crippen LogP contribution in [0.1, 0.15) is 31.2 Å². The van der Waals surface area contributed by atoms with Crippen LogP contribution in [0.5, 0.6) is 0 Å². The molecule has 0 aromatic heterocycles. The smallest absolute Gasteiger partial charge is 0.290 e. The van der Waals surface area contributed by atoms with E-state index in [1.54, 1.807) is 4.90 Å². The summed E-state index contributed by atoms with van der Waals surface area (Å²) >= 11 is 0. The number of amides is 3. The number of para-hydroxylation sites is 1. The van der Waals surface area contributed by atoms with Crippen molar-refractivity contribution >= 4 is 29.9 Å². The van der Waals surface area contributed by atoms with Crippen molar-refractivity contribution in [3.63, 3.8) is 0 Å². The van der Waals surface area contributed by atoms with Crippen molar-refractivity contribution in [1.29, 1.82) is 0 Å². The molecule has 9 heteroatoms. The molecule has 0 bridgehead atoms. The zero-order chi connectivity index (χ0) is 21.3. The van der Waals surface area contributed by atoms with Gasteiger partial charge in [0.1, 0.15) is 5.54 Å². The molecule has 4 aliphatic heterocycles. The first-order valence-corrected chi connectivity index (χ1v) is 10.3. The van der Waals surface area contributed by atoms with Crippen molar-refractivity contribution in [3.8, 4) is 0 Å². The normalized spacial score (nSPS) is 29.9. The van der Waals surface area contributed by atoms with Crippen LogP contribution in [-0.4, -0.2) is 71.3 Å². The molecule has 3 atom stereocenters. The van der Waals surface area contributed by atoms with Crippen LogP contribution in [0, 0.1) is 5.92 Å². The Hall–Kier alpha value is -2.94. The molecule has 0 aliphatic carbocycles. The van der Waals surface area contributed by atoms with E-state index in [2.05, 4.69) is 15.5 Å². The molecular formula is C21H26N4O5. The van der Waals surface area contributed by atoms with Gasteiger partial charge in [0.2, 0.25) is 17.7 Å². The van der Waals surface area contributed by atoms with Crippen molar-refractivity contribution in [2.24, 2.45) is 5.92 Å². The lowest BCUT2D eigenvalue weighted by molar-refractivity contribution is -0.144. The molecule has 3 fully saturated rings. The Morgan fingerprint density at radius 3 is 2.77 bits per heavy atom. The van der Waals surface area contributed by atoms with Crippen molar-refractivity contribution < 1.29 is 24.3 Å². The number of hydrogen-bond acceptors (Lipinski definition) is 5. The Labute approximate surface area is 174 Å². The van der Waals surface area contributed by atoms with Gasteiger partial charge in [-0.05, 0) is 31.9 Å². The van der Waals surface area contributed by atoms with Crippen molar-refractivity contribution in [2.75, 3.05) is 31.5 Å². The summed E-state index contributed by atoms with van der Waals surface area (Å²) in [4.78, 5) is 51.0. The standard InChI is InChI=1S/C20H24N4O3.CH2O2/c25-17-7-10-23(11-8-21-17)18(26)15-12-13-4-3-9-24(13)20(15)14-5-1-2-6-16(14)22-19(20)27;2-1-3/h1-2,5-6,13,15H,3-4,7-12H2,(H,21,25)(H,22,27);1H,(H,2,3)/t13-,15+,20+;/m1./s1. The quantitative estimate of drug-likeness (QED) is 0.571. The summed E-state index contributed by atoms with van der Waals surface area (Å²) < 4.78 is 0. The molecule has 4 heterocycles. The minimum absolute atomic E-state index is 0.00718. The van der Waals surface area contributed by atoms with Gasteiger partial charge in [-0.1, -0.05) is 18.2 Å². The highest BCUT2D eigenvalue weighted by atomic mass is 16.3. The summed E-state index contributed by atoms with van der Waals surface area (Å²) in [6, 6.07) is 8.03. The summed E-state index contributed by atoms with van der Waals surface area (Å²) in [6.07, 6.45) is 3.12. The molecule has 0 saturated carbocycles. The van der Waals surface area contributed by atoms with Crippen LogP contribution in [0.2, 0.25) is 0 Å². The molecule has 0 unspecified atom stereocenters. The number of rotatable bonds is 1. The first-order chi connectivity index (χ1) is 14.5. The number of carboxylic acid groups (broad SMARTS) is 1. The number of nitrogens with zero attached hydrogens (tertiary/aromatic N) is 2. The van der Waals surface area contributed by atoms with E-state index in [-0.39, 0.29) is 30.2 Å². The number of benzene rings is 1. The highest BCUT2D eigenvalue weighted by molar-refractivity contribution is 6.09. The fourth-order valence-electron chi connectivity index (χ4n) is 5.57. The van der Waals surface area contributed by atoms with E-state index < -0.39 is 11.5 Å². The SMILES string of the molecule is O=C1CCN(C(=O)[C@@H]2C[C@H]3CCCN3[C@]23C(=O)Nc2ccccc23)CCN1.O=CO. The summed E-state index contributed by atoms with van der Waals surface area (Å²) in [5, 5.41) is 12.7. The van der Waals surface area contributed by atoms with Crippen LogP contribution < -0.4 is 10.6 Å². The van der Waals surface area contributed by atoms with Gasteiger partial charge in [0, 0.05) is 43.3 Å². The fraction of sp³-hybridized carbons (Fsp3) is 0.524. The van der Waals surface area contributed by atoms with Gasteiger partial charge in [0.05, 0.1) is 5.92 Å². The second-order valence-electron chi connectivity index (χ2n) is 8.07. The van der Waals surface area contributed by atoms with E-state index in [0.29, 0.717) is 32.5 Å². The third-order valence-corrected chi connectivity index (χ3v) is 6.70. The maximum Gasteiger partial charge on any atom is 0.290 e. The minimum atomic E-state index is -0.904. The first-order valence-electron chi connectivity index (χ1n) is 10.3. The lowest BCUT2D eigenvalue weighted by atomic mass is 9.78. The third-order valence-electron chi connectivity index (χ3n) is 6.70. The first kappa shape index (κ1) is 20.3. The molecule has 1 aromatic carbocycles. The molecule has 9 nitrogen and oxygen atoms in total. The molecule has 0 radical (unpaired) electrons. The summed E-state index contributed by atoms with van der Waals surface area (Å²) in [7, 11) is 0. The highest BCUT2D eigenvalue weighted by Crippen LogP contribution is 2.55. The van der Waals surface area contributed by atoms with E-state index in [9.17, 15) is 14.4 Å². The monoisotopic (exact) mass is 414 g/mol. The number of carbonyl (C=O) groups excluding carboxylic acids is 3. The van der Waals surface area contributed by atoms with Crippen LogP contribution in [0.15, 0.2) is 24.3 Å². The second-order valence-corrected chi connectivity index (χ2v) is 8.07. The largest absolute Gasteiger partial charge is 0.483 e. The van der Waals surface area contributed by atoms with E-state index >= 15 is 0 Å². The summed E-state index contributed by atoms with van der Waals surface area (Å²) in [5.41, 5.74) is 0.848. The van der Waals surface area contributed by atoms with Crippen LogP contribution >= 0.6 is 0 Å². The Kier molecular flexibility index (Phi) is 5.46. The summed E-state index contributed by atoms with van der Waals surface area (Å²) in [5.74, 6) is -0.487. The highest BCUT2D eigenvalue weighted by Gasteiger charge is 2.65. The lowest BCUT2D eigenvalue weighted by Crippen LogP contribution is -2.55.